The molecule has 0 spiro atoms. The number of hydrogen-bond donors (Lipinski definition) is 1. The maximum atomic E-state index is 10.3. The summed E-state index contributed by atoms with van der Waals surface area (Å²) in [6, 6.07) is 3.17. The third kappa shape index (κ3) is 2.16. The highest BCUT2D eigenvalue weighted by molar-refractivity contribution is 7.00. The van der Waals surface area contributed by atoms with Crippen LogP contribution in [0.5, 0.6) is 5.75 Å². The van der Waals surface area contributed by atoms with Crippen LogP contribution in [0, 0.1) is 0 Å². The van der Waals surface area contributed by atoms with E-state index in [0.29, 0.717) is 21.8 Å². The topological polar surface area (TPSA) is 72.3 Å². The molecule has 1 aromatic heterocycles. The first kappa shape index (κ1) is 10.1. The van der Waals surface area contributed by atoms with Crippen molar-refractivity contribution in [2.45, 2.75) is 0 Å². The minimum Gasteiger partial charge on any atom is -0.479 e. The zero-order valence-corrected chi connectivity index (χ0v) is 8.88. The van der Waals surface area contributed by atoms with Crippen LogP contribution in [0.2, 0.25) is 5.02 Å². The van der Waals surface area contributed by atoms with Crippen LogP contribution in [0.3, 0.4) is 0 Å². The molecule has 0 fully saturated rings. The van der Waals surface area contributed by atoms with E-state index in [0.717, 1.165) is 11.7 Å². The van der Waals surface area contributed by atoms with Crippen molar-refractivity contribution in [1.29, 1.82) is 0 Å². The summed E-state index contributed by atoms with van der Waals surface area (Å²) in [4.78, 5) is 10.3. The van der Waals surface area contributed by atoms with Crippen LogP contribution in [0.1, 0.15) is 0 Å². The molecule has 2 rings (SSSR count). The number of ether oxygens (including phenoxy) is 1. The van der Waals surface area contributed by atoms with E-state index in [2.05, 4.69) is 8.75 Å². The van der Waals surface area contributed by atoms with Gasteiger partial charge >= 0.3 is 5.97 Å². The number of aromatic nitrogens is 2. The first-order chi connectivity index (χ1) is 7.16. The maximum absolute atomic E-state index is 10.3. The second-order valence-electron chi connectivity index (χ2n) is 2.72. The van der Waals surface area contributed by atoms with E-state index >= 15 is 0 Å². The normalized spacial score (nSPS) is 10.5. The van der Waals surface area contributed by atoms with Crippen LogP contribution in [-0.4, -0.2) is 26.4 Å². The van der Waals surface area contributed by atoms with Gasteiger partial charge in [0, 0.05) is 11.1 Å². The average molecular weight is 245 g/mol. The Labute approximate surface area is 93.6 Å². The number of carboxylic acids is 1. The Kier molecular flexibility index (Phi) is 2.70. The van der Waals surface area contributed by atoms with Crippen molar-refractivity contribution in [2.75, 3.05) is 6.61 Å². The average Bonchev–Trinajstić information content (AvgIpc) is 2.61. The lowest BCUT2D eigenvalue weighted by Crippen LogP contribution is -2.09. The highest BCUT2D eigenvalue weighted by atomic mass is 35.5. The van der Waals surface area contributed by atoms with E-state index in [-0.39, 0.29) is 0 Å². The van der Waals surface area contributed by atoms with Crippen LogP contribution in [0.15, 0.2) is 12.1 Å². The van der Waals surface area contributed by atoms with Crippen molar-refractivity contribution >= 4 is 40.3 Å². The predicted octanol–water partition coefficient (Wildman–Crippen LogP) is 1.81. The molecule has 0 aliphatic heterocycles. The molecule has 0 bridgehead atoms. The number of benzene rings is 1. The number of halogens is 1. The smallest absolute Gasteiger partial charge is 0.341 e. The molecule has 1 aromatic carbocycles. The highest BCUT2D eigenvalue weighted by Gasteiger charge is 2.09. The standard InChI is InChI=1S/C8H5ClN2O3S/c9-4-1-5-8(11-15-10-5)6(2-4)14-3-7(12)13/h1-2H,3H2,(H,12,13). The third-order valence-corrected chi connectivity index (χ3v) is 2.40. The Morgan fingerprint density at radius 2 is 2.33 bits per heavy atom. The first-order valence-corrected chi connectivity index (χ1v) is 5.04. The van der Waals surface area contributed by atoms with Crippen molar-refractivity contribution in [2.24, 2.45) is 0 Å². The van der Waals surface area contributed by atoms with Gasteiger partial charge in [0.05, 0.1) is 11.7 Å². The molecule has 0 saturated carbocycles. The second-order valence-corrected chi connectivity index (χ2v) is 3.68. The third-order valence-electron chi connectivity index (χ3n) is 1.64. The first-order valence-electron chi connectivity index (χ1n) is 3.93. The Morgan fingerprint density at radius 3 is 3.07 bits per heavy atom. The Morgan fingerprint density at radius 1 is 1.53 bits per heavy atom. The molecule has 0 atom stereocenters. The lowest BCUT2D eigenvalue weighted by atomic mass is 10.3. The monoisotopic (exact) mass is 244 g/mol. The van der Waals surface area contributed by atoms with Gasteiger partial charge in [-0.2, -0.15) is 8.75 Å². The summed E-state index contributed by atoms with van der Waals surface area (Å²) >= 11 is 6.83. The summed E-state index contributed by atoms with van der Waals surface area (Å²) in [6.45, 7) is -0.424. The van der Waals surface area contributed by atoms with Gasteiger partial charge in [-0.3, -0.25) is 0 Å². The van der Waals surface area contributed by atoms with Crippen LogP contribution < -0.4 is 4.74 Å². The minimum absolute atomic E-state index is 0.341. The summed E-state index contributed by atoms with van der Waals surface area (Å²) in [6.07, 6.45) is 0. The molecule has 78 valence electrons. The van der Waals surface area contributed by atoms with Gasteiger partial charge in [-0.1, -0.05) is 11.6 Å². The number of nitrogens with zero attached hydrogens (tertiary/aromatic N) is 2. The van der Waals surface area contributed by atoms with Gasteiger partial charge in [-0.05, 0) is 6.07 Å². The van der Waals surface area contributed by atoms with Gasteiger partial charge in [0.15, 0.2) is 12.4 Å². The van der Waals surface area contributed by atoms with Gasteiger partial charge in [-0.15, -0.1) is 0 Å². The Bertz CT molecular complexity index is 514. The minimum atomic E-state index is -1.05. The van der Waals surface area contributed by atoms with Crippen molar-refractivity contribution in [1.82, 2.24) is 8.75 Å². The van der Waals surface area contributed by atoms with Gasteiger partial charge in [-0.25, -0.2) is 4.79 Å². The number of hydrogen-bond acceptors (Lipinski definition) is 5. The molecule has 15 heavy (non-hydrogen) atoms. The van der Waals surface area contributed by atoms with Crippen molar-refractivity contribution in [3.8, 4) is 5.75 Å². The number of aliphatic carboxylic acids is 1. The van der Waals surface area contributed by atoms with E-state index in [4.69, 9.17) is 21.4 Å². The molecule has 5 nitrogen and oxygen atoms in total. The summed E-state index contributed by atoms with van der Waals surface area (Å²) in [5.41, 5.74) is 1.14. The lowest BCUT2D eigenvalue weighted by molar-refractivity contribution is -0.139. The van der Waals surface area contributed by atoms with E-state index in [9.17, 15) is 4.79 Å². The van der Waals surface area contributed by atoms with Crippen LogP contribution in [0.25, 0.3) is 11.0 Å². The van der Waals surface area contributed by atoms with Crippen molar-refractivity contribution < 1.29 is 14.6 Å². The SMILES string of the molecule is O=C(O)COc1cc(Cl)cc2nsnc12. The van der Waals surface area contributed by atoms with E-state index in [1.807, 2.05) is 0 Å². The molecule has 1 heterocycles. The number of carboxylic acid groups (broad SMARTS) is 1. The summed E-state index contributed by atoms with van der Waals surface area (Å²) in [5, 5.41) is 8.92. The van der Waals surface area contributed by atoms with Crippen LogP contribution in [0.4, 0.5) is 0 Å². The molecule has 0 amide bonds. The van der Waals surface area contributed by atoms with Crippen LogP contribution in [-0.2, 0) is 4.79 Å². The van der Waals surface area contributed by atoms with Gasteiger partial charge in [0.25, 0.3) is 0 Å². The highest BCUT2D eigenvalue weighted by Crippen LogP contribution is 2.28. The largest absolute Gasteiger partial charge is 0.479 e. The van der Waals surface area contributed by atoms with Gasteiger partial charge in [0.1, 0.15) is 11.0 Å². The quantitative estimate of drug-likeness (QED) is 0.891. The second kappa shape index (κ2) is 4.00. The molecular weight excluding hydrogens is 240 g/mol. The fourth-order valence-corrected chi connectivity index (χ4v) is 1.81. The Hall–Kier alpha value is -1.40. The summed E-state index contributed by atoms with van der Waals surface area (Å²) in [5.74, 6) is -0.708. The molecule has 0 saturated heterocycles. The van der Waals surface area contributed by atoms with E-state index in [1.54, 1.807) is 6.07 Å². The van der Waals surface area contributed by atoms with Gasteiger partial charge in [0.2, 0.25) is 0 Å². The van der Waals surface area contributed by atoms with Crippen molar-refractivity contribution in [3.05, 3.63) is 17.2 Å². The number of rotatable bonds is 3. The molecule has 0 aliphatic rings. The fourth-order valence-electron chi connectivity index (χ4n) is 1.08. The molecule has 0 radical (unpaired) electrons. The lowest BCUT2D eigenvalue weighted by Gasteiger charge is -2.03. The maximum Gasteiger partial charge on any atom is 0.341 e. The molecule has 0 aliphatic carbocycles. The number of fused-ring (bicyclic) bond motifs is 1. The van der Waals surface area contributed by atoms with E-state index < -0.39 is 12.6 Å². The zero-order chi connectivity index (χ0) is 10.8. The van der Waals surface area contributed by atoms with Gasteiger partial charge < -0.3 is 9.84 Å². The molecule has 7 heteroatoms. The fraction of sp³-hybridized carbons (Fsp3) is 0.125. The van der Waals surface area contributed by atoms with Crippen molar-refractivity contribution in [3.63, 3.8) is 0 Å². The zero-order valence-electron chi connectivity index (χ0n) is 7.31. The molecular formula is C8H5ClN2O3S. The Balaban J connectivity index is 2.39. The van der Waals surface area contributed by atoms with Crippen LogP contribution >= 0.6 is 23.3 Å². The summed E-state index contributed by atoms with van der Waals surface area (Å²) < 4.78 is 13.0. The predicted molar refractivity (Wildman–Crippen MR) is 55.6 cm³/mol. The molecule has 0 unspecified atom stereocenters. The molecule has 2 aromatic rings. The number of carbonyl (C=O) groups is 1. The molecule has 1 N–H and O–H groups in total. The summed E-state index contributed by atoms with van der Waals surface area (Å²) in [7, 11) is 0. The van der Waals surface area contributed by atoms with E-state index in [1.165, 1.54) is 6.07 Å².